The van der Waals surface area contributed by atoms with Crippen molar-refractivity contribution in [1.29, 1.82) is 0 Å². The lowest BCUT2D eigenvalue weighted by molar-refractivity contribution is 0.0146. The minimum Gasteiger partial charge on any atom is -0.375 e. The molecule has 1 aromatic heterocycles. The van der Waals surface area contributed by atoms with Gasteiger partial charge in [-0.3, -0.25) is 4.98 Å². The summed E-state index contributed by atoms with van der Waals surface area (Å²) in [5.41, 5.74) is 1.13. The van der Waals surface area contributed by atoms with E-state index in [1.807, 2.05) is 37.5 Å². The fraction of sp³-hybridized carbons (Fsp3) is 0.400. The molecule has 5 heteroatoms. The van der Waals surface area contributed by atoms with Crippen molar-refractivity contribution < 1.29 is 13.5 Å². The van der Waals surface area contributed by atoms with E-state index < -0.39 is 13.0 Å². The number of rotatable bonds is 7. The Bertz CT molecular complexity index is 543. The number of nitrogens with zero attached hydrogens (tertiary/aromatic N) is 1. The SMILES string of the molecule is CNC(CCOCC(F)F)c1cccc2cnccc12. The van der Waals surface area contributed by atoms with E-state index in [9.17, 15) is 8.78 Å². The van der Waals surface area contributed by atoms with E-state index in [1.165, 1.54) is 0 Å². The molecule has 0 spiro atoms. The Morgan fingerprint density at radius 3 is 2.90 bits per heavy atom. The molecule has 1 aromatic carbocycles. The van der Waals surface area contributed by atoms with Crippen molar-refractivity contribution in [2.75, 3.05) is 20.3 Å². The van der Waals surface area contributed by atoms with Crippen LogP contribution in [0.4, 0.5) is 8.78 Å². The number of benzene rings is 1. The van der Waals surface area contributed by atoms with E-state index in [2.05, 4.69) is 10.3 Å². The van der Waals surface area contributed by atoms with Crippen LogP contribution in [0.25, 0.3) is 10.8 Å². The number of alkyl halides is 2. The van der Waals surface area contributed by atoms with Gasteiger partial charge in [0.1, 0.15) is 6.61 Å². The summed E-state index contributed by atoms with van der Waals surface area (Å²) >= 11 is 0. The summed E-state index contributed by atoms with van der Waals surface area (Å²) in [6.45, 7) is -0.201. The number of halogens is 2. The average molecular weight is 280 g/mol. The molecule has 0 radical (unpaired) electrons. The van der Waals surface area contributed by atoms with Crippen molar-refractivity contribution in [3.8, 4) is 0 Å². The molecule has 1 atom stereocenters. The zero-order chi connectivity index (χ0) is 14.4. The van der Waals surface area contributed by atoms with Gasteiger partial charge < -0.3 is 10.1 Å². The Morgan fingerprint density at radius 2 is 2.15 bits per heavy atom. The van der Waals surface area contributed by atoms with Gasteiger partial charge in [-0.1, -0.05) is 18.2 Å². The van der Waals surface area contributed by atoms with Gasteiger partial charge in [-0.2, -0.15) is 0 Å². The number of fused-ring (bicyclic) bond motifs is 1. The molecule has 1 heterocycles. The molecular formula is C15H18F2N2O. The highest BCUT2D eigenvalue weighted by molar-refractivity contribution is 5.85. The lowest BCUT2D eigenvalue weighted by Crippen LogP contribution is -2.19. The van der Waals surface area contributed by atoms with Crippen LogP contribution < -0.4 is 5.32 Å². The zero-order valence-electron chi connectivity index (χ0n) is 11.4. The third-order valence-corrected chi connectivity index (χ3v) is 3.23. The third-order valence-electron chi connectivity index (χ3n) is 3.23. The van der Waals surface area contributed by atoms with Crippen molar-refractivity contribution in [1.82, 2.24) is 10.3 Å². The van der Waals surface area contributed by atoms with E-state index in [4.69, 9.17) is 4.74 Å². The van der Waals surface area contributed by atoms with Crippen LogP contribution >= 0.6 is 0 Å². The summed E-state index contributed by atoms with van der Waals surface area (Å²) < 4.78 is 29.0. The third kappa shape index (κ3) is 3.71. The normalized spacial score (nSPS) is 13.0. The van der Waals surface area contributed by atoms with Crippen LogP contribution in [0.15, 0.2) is 36.7 Å². The van der Waals surface area contributed by atoms with Crippen LogP contribution in [0.5, 0.6) is 0 Å². The fourth-order valence-electron chi connectivity index (χ4n) is 2.28. The van der Waals surface area contributed by atoms with E-state index >= 15 is 0 Å². The molecule has 0 saturated heterocycles. The molecule has 108 valence electrons. The Hall–Kier alpha value is -1.59. The van der Waals surface area contributed by atoms with Crippen LogP contribution in [0.3, 0.4) is 0 Å². The predicted octanol–water partition coefficient (Wildman–Crippen LogP) is 3.17. The molecule has 0 fully saturated rings. The maximum atomic E-state index is 12.0. The first-order valence-electron chi connectivity index (χ1n) is 6.58. The Labute approximate surface area is 117 Å². The quantitative estimate of drug-likeness (QED) is 0.791. The van der Waals surface area contributed by atoms with Gasteiger partial charge in [0.05, 0.1) is 0 Å². The van der Waals surface area contributed by atoms with Gasteiger partial charge in [-0.15, -0.1) is 0 Å². The van der Waals surface area contributed by atoms with Gasteiger partial charge in [0.25, 0.3) is 6.43 Å². The smallest absolute Gasteiger partial charge is 0.261 e. The maximum Gasteiger partial charge on any atom is 0.261 e. The van der Waals surface area contributed by atoms with Crippen molar-refractivity contribution in [3.63, 3.8) is 0 Å². The molecule has 1 unspecified atom stereocenters. The summed E-state index contributed by atoms with van der Waals surface area (Å²) in [7, 11) is 1.86. The van der Waals surface area contributed by atoms with Gasteiger partial charge >= 0.3 is 0 Å². The largest absolute Gasteiger partial charge is 0.375 e. The van der Waals surface area contributed by atoms with Crippen molar-refractivity contribution in [2.45, 2.75) is 18.9 Å². The average Bonchev–Trinajstić information content (AvgIpc) is 2.47. The Morgan fingerprint density at radius 1 is 1.30 bits per heavy atom. The second-order valence-corrected chi connectivity index (χ2v) is 4.54. The monoisotopic (exact) mass is 280 g/mol. The summed E-state index contributed by atoms with van der Waals surface area (Å²) in [5.74, 6) is 0. The molecule has 3 nitrogen and oxygen atoms in total. The summed E-state index contributed by atoms with van der Waals surface area (Å²) in [4.78, 5) is 4.11. The molecule has 0 amide bonds. The fourth-order valence-corrected chi connectivity index (χ4v) is 2.28. The van der Waals surface area contributed by atoms with Gasteiger partial charge in [-0.05, 0) is 30.5 Å². The number of pyridine rings is 1. The van der Waals surface area contributed by atoms with Gasteiger partial charge in [0, 0.05) is 30.4 Å². The van der Waals surface area contributed by atoms with E-state index in [0.717, 1.165) is 16.3 Å². The van der Waals surface area contributed by atoms with Gasteiger partial charge in [0.2, 0.25) is 0 Å². The summed E-state index contributed by atoms with van der Waals surface area (Å²) in [6, 6.07) is 8.06. The van der Waals surface area contributed by atoms with Crippen LogP contribution in [0, 0.1) is 0 Å². The maximum absolute atomic E-state index is 12.0. The van der Waals surface area contributed by atoms with Crippen molar-refractivity contribution >= 4 is 10.8 Å². The minimum absolute atomic E-state index is 0.0683. The van der Waals surface area contributed by atoms with Gasteiger partial charge in [0.15, 0.2) is 0 Å². The molecular weight excluding hydrogens is 262 g/mol. The van der Waals surface area contributed by atoms with Crippen molar-refractivity contribution in [2.24, 2.45) is 0 Å². The molecule has 2 aromatic rings. The number of aromatic nitrogens is 1. The lowest BCUT2D eigenvalue weighted by atomic mass is 9.98. The Balaban J connectivity index is 2.09. The lowest BCUT2D eigenvalue weighted by Gasteiger charge is -2.18. The highest BCUT2D eigenvalue weighted by Crippen LogP contribution is 2.25. The highest BCUT2D eigenvalue weighted by atomic mass is 19.3. The first-order valence-corrected chi connectivity index (χ1v) is 6.58. The van der Waals surface area contributed by atoms with Gasteiger partial charge in [-0.25, -0.2) is 8.78 Å². The second-order valence-electron chi connectivity index (χ2n) is 4.54. The molecule has 2 rings (SSSR count). The highest BCUT2D eigenvalue weighted by Gasteiger charge is 2.12. The van der Waals surface area contributed by atoms with Crippen LogP contribution in [-0.2, 0) is 4.74 Å². The second kappa shape index (κ2) is 7.26. The molecule has 20 heavy (non-hydrogen) atoms. The van der Waals surface area contributed by atoms with Crippen molar-refractivity contribution in [3.05, 3.63) is 42.2 Å². The standard InChI is InChI=1S/C15H18F2N2O/c1-18-14(6-8-20-10-15(16)17)13-4-2-3-11-9-19-7-5-12(11)13/h2-5,7,9,14-15,18H,6,8,10H2,1H3. The molecule has 1 N–H and O–H groups in total. The first kappa shape index (κ1) is 14.8. The molecule has 0 saturated carbocycles. The molecule has 0 aliphatic rings. The van der Waals surface area contributed by atoms with Crippen LogP contribution in [0.1, 0.15) is 18.0 Å². The Kier molecular flexibility index (Phi) is 5.38. The van der Waals surface area contributed by atoms with E-state index in [-0.39, 0.29) is 6.04 Å². The first-order chi connectivity index (χ1) is 9.72. The molecule has 0 aliphatic carbocycles. The number of hydrogen-bond acceptors (Lipinski definition) is 3. The van der Waals surface area contributed by atoms with Crippen LogP contribution in [0.2, 0.25) is 0 Å². The summed E-state index contributed by atoms with van der Waals surface area (Å²) in [5, 5.41) is 5.40. The van der Waals surface area contributed by atoms with E-state index in [0.29, 0.717) is 13.0 Å². The zero-order valence-corrected chi connectivity index (χ0v) is 11.4. The van der Waals surface area contributed by atoms with Crippen LogP contribution in [-0.4, -0.2) is 31.7 Å². The number of nitrogens with one attached hydrogen (secondary N) is 1. The molecule has 0 bridgehead atoms. The topological polar surface area (TPSA) is 34.1 Å². The predicted molar refractivity (Wildman–Crippen MR) is 75.0 cm³/mol. The number of hydrogen-bond donors (Lipinski definition) is 1. The van der Waals surface area contributed by atoms with E-state index in [1.54, 1.807) is 6.20 Å². The summed E-state index contributed by atoms with van der Waals surface area (Å²) in [6.07, 6.45) is 1.81. The number of ether oxygens (including phenoxy) is 1. The minimum atomic E-state index is -2.41. The molecule has 0 aliphatic heterocycles.